The third-order valence-corrected chi connectivity index (χ3v) is 2.46. The number of aromatic hydroxyl groups is 1. The van der Waals surface area contributed by atoms with Crippen LogP contribution < -0.4 is 10.4 Å². The van der Waals surface area contributed by atoms with Crippen molar-refractivity contribution >= 4 is 11.0 Å². The van der Waals surface area contributed by atoms with Gasteiger partial charge in [-0.05, 0) is 32.1 Å². The molecule has 0 atom stereocenters. The molecule has 1 aromatic heterocycles. The van der Waals surface area contributed by atoms with Crippen LogP contribution >= 0.6 is 0 Å². The fourth-order valence-electron chi connectivity index (χ4n) is 1.54. The summed E-state index contributed by atoms with van der Waals surface area (Å²) in [6, 6.07) is 6.77. The van der Waals surface area contributed by atoms with E-state index in [0.29, 0.717) is 11.0 Å². The lowest BCUT2D eigenvalue weighted by atomic mass is 10.2. The summed E-state index contributed by atoms with van der Waals surface area (Å²) >= 11 is 0. The molecule has 0 aliphatic heterocycles. The Bertz CT molecular complexity index is 648. The van der Waals surface area contributed by atoms with Crippen LogP contribution in [0.2, 0.25) is 0 Å². The van der Waals surface area contributed by atoms with Gasteiger partial charge >= 0.3 is 5.63 Å². The Labute approximate surface area is 104 Å². The van der Waals surface area contributed by atoms with E-state index in [2.05, 4.69) is 0 Å². The van der Waals surface area contributed by atoms with Gasteiger partial charge in [0.15, 0.2) is 5.75 Å². The molecule has 0 spiro atoms. The van der Waals surface area contributed by atoms with E-state index in [1.54, 1.807) is 24.3 Å². The van der Waals surface area contributed by atoms with Gasteiger partial charge in [-0.15, -0.1) is 0 Å². The fraction of sp³-hybridized carbons (Fsp3) is 0.214. The topological polar surface area (TPSA) is 59.7 Å². The van der Waals surface area contributed by atoms with Crippen LogP contribution in [0.15, 0.2) is 45.1 Å². The van der Waals surface area contributed by atoms with Crippen LogP contribution in [0.4, 0.5) is 0 Å². The van der Waals surface area contributed by atoms with Crippen molar-refractivity contribution in [2.75, 3.05) is 6.61 Å². The summed E-state index contributed by atoms with van der Waals surface area (Å²) in [5.74, 6) is -0.324. The second kappa shape index (κ2) is 4.96. The number of benzene rings is 1. The molecular weight excluding hydrogens is 232 g/mol. The van der Waals surface area contributed by atoms with Crippen molar-refractivity contribution in [2.45, 2.75) is 13.8 Å². The predicted octanol–water partition coefficient (Wildman–Crippen LogP) is 2.84. The molecule has 0 aliphatic carbocycles. The number of para-hydroxylation sites is 1. The van der Waals surface area contributed by atoms with Crippen LogP contribution in [0.25, 0.3) is 11.0 Å². The largest absolute Gasteiger partial charge is 0.504 e. The van der Waals surface area contributed by atoms with Gasteiger partial charge in [-0.3, -0.25) is 0 Å². The highest BCUT2D eigenvalue weighted by Crippen LogP contribution is 2.30. The van der Waals surface area contributed by atoms with Crippen molar-refractivity contribution in [3.8, 4) is 11.5 Å². The number of rotatable bonds is 3. The number of ether oxygens (including phenoxy) is 1. The van der Waals surface area contributed by atoms with Gasteiger partial charge < -0.3 is 14.3 Å². The summed E-state index contributed by atoms with van der Waals surface area (Å²) in [6.45, 7) is 4.07. The molecular formula is C14H14O4. The Morgan fingerprint density at radius 1 is 1.39 bits per heavy atom. The average molecular weight is 246 g/mol. The molecule has 0 fully saturated rings. The Hall–Kier alpha value is -2.23. The van der Waals surface area contributed by atoms with E-state index < -0.39 is 5.63 Å². The van der Waals surface area contributed by atoms with Crippen LogP contribution in [0.3, 0.4) is 0 Å². The molecule has 0 unspecified atom stereocenters. The molecule has 2 rings (SSSR count). The van der Waals surface area contributed by atoms with E-state index in [9.17, 15) is 9.90 Å². The third-order valence-electron chi connectivity index (χ3n) is 2.46. The Balaban J connectivity index is 2.44. The highest BCUT2D eigenvalue weighted by molar-refractivity contribution is 5.84. The maximum Gasteiger partial charge on any atom is 0.383 e. The minimum Gasteiger partial charge on any atom is -0.504 e. The zero-order chi connectivity index (χ0) is 13.1. The first-order valence-corrected chi connectivity index (χ1v) is 5.60. The summed E-state index contributed by atoms with van der Waals surface area (Å²) in [7, 11) is 0. The summed E-state index contributed by atoms with van der Waals surface area (Å²) in [6.07, 6.45) is 1.81. The first-order chi connectivity index (χ1) is 8.59. The maximum absolute atomic E-state index is 11.7. The van der Waals surface area contributed by atoms with Gasteiger partial charge in [-0.1, -0.05) is 17.7 Å². The second-order valence-electron chi connectivity index (χ2n) is 4.16. The van der Waals surface area contributed by atoms with Crippen molar-refractivity contribution < 1.29 is 14.3 Å². The highest BCUT2D eigenvalue weighted by atomic mass is 16.5. The van der Waals surface area contributed by atoms with Crippen molar-refractivity contribution in [1.82, 2.24) is 0 Å². The Kier molecular flexibility index (Phi) is 3.37. The van der Waals surface area contributed by atoms with Crippen LogP contribution in [0, 0.1) is 0 Å². The van der Waals surface area contributed by atoms with Gasteiger partial charge in [0.25, 0.3) is 0 Å². The zero-order valence-electron chi connectivity index (χ0n) is 10.3. The zero-order valence-corrected chi connectivity index (χ0v) is 10.3. The van der Waals surface area contributed by atoms with Gasteiger partial charge in [0, 0.05) is 0 Å². The molecule has 0 aliphatic rings. The van der Waals surface area contributed by atoms with Gasteiger partial charge in [0.05, 0.1) is 5.39 Å². The normalized spacial score (nSPS) is 10.3. The highest BCUT2D eigenvalue weighted by Gasteiger charge is 2.14. The smallest absolute Gasteiger partial charge is 0.383 e. The van der Waals surface area contributed by atoms with Gasteiger partial charge in [-0.2, -0.15) is 0 Å². The molecule has 18 heavy (non-hydrogen) atoms. The average Bonchev–Trinajstić information content (AvgIpc) is 2.33. The maximum atomic E-state index is 11.7. The van der Waals surface area contributed by atoms with E-state index in [-0.39, 0.29) is 18.1 Å². The predicted molar refractivity (Wildman–Crippen MR) is 69.1 cm³/mol. The van der Waals surface area contributed by atoms with Crippen molar-refractivity contribution in [1.29, 1.82) is 0 Å². The minimum atomic E-state index is -0.673. The molecule has 0 bridgehead atoms. The SMILES string of the molecule is CC(C)=CCOc1c(O)c2ccccc2oc1=O. The van der Waals surface area contributed by atoms with Gasteiger partial charge in [-0.25, -0.2) is 4.79 Å². The van der Waals surface area contributed by atoms with Crippen molar-refractivity contribution in [3.63, 3.8) is 0 Å². The molecule has 0 radical (unpaired) electrons. The lowest BCUT2D eigenvalue weighted by Crippen LogP contribution is -2.07. The number of fused-ring (bicyclic) bond motifs is 1. The van der Waals surface area contributed by atoms with E-state index in [0.717, 1.165) is 5.57 Å². The molecule has 1 aromatic carbocycles. The van der Waals surface area contributed by atoms with Crippen LogP contribution in [-0.4, -0.2) is 11.7 Å². The molecule has 1 heterocycles. The standard InChI is InChI=1S/C14H14O4/c1-9(2)7-8-17-13-12(15)10-5-3-4-6-11(10)18-14(13)16/h3-7,15H,8H2,1-2H3. The minimum absolute atomic E-state index is 0.147. The van der Waals surface area contributed by atoms with E-state index in [1.807, 2.05) is 19.9 Å². The molecule has 0 saturated carbocycles. The lowest BCUT2D eigenvalue weighted by Gasteiger charge is -2.06. The monoisotopic (exact) mass is 246 g/mol. The van der Waals surface area contributed by atoms with E-state index in [4.69, 9.17) is 9.15 Å². The molecule has 2 aromatic rings. The summed E-state index contributed by atoms with van der Waals surface area (Å²) in [5.41, 5.74) is 0.739. The fourth-order valence-corrected chi connectivity index (χ4v) is 1.54. The van der Waals surface area contributed by atoms with Crippen LogP contribution in [0.1, 0.15) is 13.8 Å². The molecule has 4 nitrogen and oxygen atoms in total. The van der Waals surface area contributed by atoms with E-state index >= 15 is 0 Å². The second-order valence-corrected chi connectivity index (χ2v) is 4.16. The van der Waals surface area contributed by atoms with E-state index in [1.165, 1.54) is 0 Å². The van der Waals surface area contributed by atoms with Crippen LogP contribution in [-0.2, 0) is 0 Å². The number of hydrogen-bond acceptors (Lipinski definition) is 4. The van der Waals surface area contributed by atoms with Gasteiger partial charge in [0.2, 0.25) is 5.75 Å². The van der Waals surface area contributed by atoms with Crippen LogP contribution in [0.5, 0.6) is 11.5 Å². The summed E-state index contributed by atoms with van der Waals surface area (Å²) in [5, 5.41) is 10.5. The first-order valence-electron chi connectivity index (χ1n) is 5.60. The molecule has 4 heteroatoms. The Morgan fingerprint density at radius 3 is 2.83 bits per heavy atom. The lowest BCUT2D eigenvalue weighted by molar-refractivity contribution is 0.317. The van der Waals surface area contributed by atoms with Crippen molar-refractivity contribution in [3.05, 3.63) is 46.3 Å². The quantitative estimate of drug-likeness (QED) is 0.668. The number of allylic oxidation sites excluding steroid dienone is 1. The molecule has 0 amide bonds. The Morgan fingerprint density at radius 2 is 2.11 bits per heavy atom. The summed E-state index contributed by atoms with van der Waals surface area (Å²) in [4.78, 5) is 11.7. The molecule has 94 valence electrons. The third kappa shape index (κ3) is 2.37. The number of hydrogen-bond donors (Lipinski definition) is 1. The van der Waals surface area contributed by atoms with Crippen molar-refractivity contribution in [2.24, 2.45) is 0 Å². The molecule has 0 saturated heterocycles. The first kappa shape index (κ1) is 12.2. The molecule has 1 N–H and O–H groups in total. The van der Waals surface area contributed by atoms with Gasteiger partial charge in [0.1, 0.15) is 12.2 Å². The summed E-state index contributed by atoms with van der Waals surface area (Å²) < 4.78 is 10.3.